The Balaban J connectivity index is 1.92. The second-order valence-corrected chi connectivity index (χ2v) is 5.61. The van der Waals surface area contributed by atoms with Gasteiger partial charge in [-0.1, -0.05) is 35.9 Å². The van der Waals surface area contributed by atoms with E-state index in [4.69, 9.17) is 4.74 Å². The number of ether oxygens (including phenoxy) is 2. The van der Waals surface area contributed by atoms with Crippen molar-refractivity contribution in [3.63, 3.8) is 0 Å². The van der Waals surface area contributed by atoms with Crippen molar-refractivity contribution in [1.29, 1.82) is 0 Å². The fourth-order valence-electron chi connectivity index (χ4n) is 2.47. The number of hydrogen-bond donors (Lipinski definition) is 1. The van der Waals surface area contributed by atoms with E-state index in [1.165, 1.54) is 18.2 Å². The Labute approximate surface area is 151 Å². The highest BCUT2D eigenvalue weighted by molar-refractivity contribution is 5.92. The summed E-state index contributed by atoms with van der Waals surface area (Å²) in [7, 11) is 1.61. The van der Waals surface area contributed by atoms with Gasteiger partial charge in [-0.25, -0.2) is 0 Å². The van der Waals surface area contributed by atoms with Gasteiger partial charge in [0.15, 0.2) is 0 Å². The summed E-state index contributed by atoms with van der Waals surface area (Å²) < 4.78 is 34.5. The first-order chi connectivity index (χ1) is 12.5. The van der Waals surface area contributed by atoms with Gasteiger partial charge in [0, 0.05) is 18.2 Å². The van der Waals surface area contributed by atoms with Crippen LogP contribution in [0.2, 0.25) is 0 Å². The van der Waals surface area contributed by atoms with E-state index in [0.29, 0.717) is 18.5 Å². The number of rotatable bonds is 8. The van der Waals surface area contributed by atoms with Crippen LogP contribution in [0.5, 0.6) is 11.5 Å². The van der Waals surface area contributed by atoms with Gasteiger partial charge in [0.2, 0.25) is 5.91 Å². The van der Waals surface area contributed by atoms with Crippen LogP contribution in [0.4, 0.5) is 8.78 Å². The minimum absolute atomic E-state index is 0.0241. The molecule has 0 aromatic heterocycles. The molecule has 4 nitrogen and oxygen atoms in total. The largest absolute Gasteiger partial charge is 0.496 e. The van der Waals surface area contributed by atoms with Gasteiger partial charge in [0.1, 0.15) is 11.5 Å². The number of aryl methyl sites for hydroxylation is 1. The van der Waals surface area contributed by atoms with Crippen LogP contribution in [0.25, 0.3) is 6.08 Å². The zero-order valence-corrected chi connectivity index (χ0v) is 14.7. The van der Waals surface area contributed by atoms with Crippen molar-refractivity contribution in [2.24, 2.45) is 0 Å². The lowest BCUT2D eigenvalue weighted by molar-refractivity contribution is -0.116. The smallest absolute Gasteiger partial charge is 0.387 e. The number of para-hydroxylation sites is 1. The normalized spacial score (nSPS) is 11.0. The topological polar surface area (TPSA) is 47.6 Å². The van der Waals surface area contributed by atoms with E-state index in [1.54, 1.807) is 25.3 Å². The summed E-state index contributed by atoms with van der Waals surface area (Å²) >= 11 is 0. The molecule has 0 bridgehead atoms. The average molecular weight is 361 g/mol. The first kappa shape index (κ1) is 19.4. The lowest BCUT2D eigenvalue weighted by Gasteiger charge is -2.10. The molecule has 1 N–H and O–H groups in total. The molecule has 2 rings (SSSR count). The molecule has 0 aliphatic rings. The van der Waals surface area contributed by atoms with Gasteiger partial charge in [0.05, 0.1) is 7.11 Å². The van der Waals surface area contributed by atoms with Crippen LogP contribution in [-0.2, 0) is 11.2 Å². The first-order valence-corrected chi connectivity index (χ1v) is 8.13. The van der Waals surface area contributed by atoms with Crippen LogP contribution in [0.15, 0.2) is 48.5 Å². The Morgan fingerprint density at radius 1 is 1.19 bits per heavy atom. The van der Waals surface area contributed by atoms with Crippen LogP contribution in [0, 0.1) is 6.92 Å². The first-order valence-electron chi connectivity index (χ1n) is 8.13. The van der Waals surface area contributed by atoms with Gasteiger partial charge < -0.3 is 14.8 Å². The summed E-state index contributed by atoms with van der Waals surface area (Å²) in [6, 6.07) is 12.2. The maximum atomic E-state index is 12.4. The highest BCUT2D eigenvalue weighted by Gasteiger charge is 2.08. The number of carbonyl (C=O) groups is 1. The van der Waals surface area contributed by atoms with Gasteiger partial charge >= 0.3 is 6.61 Å². The molecule has 0 fully saturated rings. The molecule has 2 aromatic rings. The third kappa shape index (κ3) is 5.88. The number of hydrogen-bond acceptors (Lipinski definition) is 3. The standard InChI is InChI=1S/C20H21F2NO3/c1-14-7-9-17(25-2)16(13-14)11-12-23-19(24)10-8-15-5-3-4-6-18(15)26-20(21)22/h3-10,13,20H,11-12H2,1-2H3,(H,23,24)/b10-8+. The minimum Gasteiger partial charge on any atom is -0.496 e. The number of halogens is 2. The number of amides is 1. The predicted octanol–water partition coefficient (Wildman–Crippen LogP) is 3.98. The Morgan fingerprint density at radius 3 is 2.69 bits per heavy atom. The molecule has 0 radical (unpaired) electrons. The second kappa shape index (κ2) is 9.56. The summed E-state index contributed by atoms with van der Waals surface area (Å²) in [4.78, 5) is 11.9. The molecule has 26 heavy (non-hydrogen) atoms. The molecule has 0 spiro atoms. The molecule has 0 aliphatic heterocycles. The lowest BCUT2D eigenvalue weighted by Crippen LogP contribution is -2.23. The van der Waals surface area contributed by atoms with Gasteiger partial charge in [-0.3, -0.25) is 4.79 Å². The number of methoxy groups -OCH3 is 1. The fraction of sp³-hybridized carbons (Fsp3) is 0.250. The molecule has 0 heterocycles. The maximum absolute atomic E-state index is 12.4. The molecule has 0 saturated carbocycles. The molecule has 6 heteroatoms. The van der Waals surface area contributed by atoms with Crippen molar-refractivity contribution in [2.45, 2.75) is 20.0 Å². The van der Waals surface area contributed by atoms with Gasteiger partial charge in [-0.05, 0) is 37.1 Å². The van der Waals surface area contributed by atoms with E-state index in [2.05, 4.69) is 10.1 Å². The molecule has 2 aromatic carbocycles. The third-order valence-corrected chi connectivity index (χ3v) is 3.68. The van der Waals surface area contributed by atoms with Crippen LogP contribution in [0.3, 0.4) is 0 Å². The quantitative estimate of drug-likeness (QED) is 0.724. The summed E-state index contributed by atoms with van der Waals surface area (Å²) in [5.74, 6) is 0.484. The second-order valence-electron chi connectivity index (χ2n) is 5.61. The van der Waals surface area contributed by atoms with Crippen molar-refractivity contribution in [3.05, 3.63) is 65.2 Å². The monoisotopic (exact) mass is 361 g/mol. The molecule has 0 atom stereocenters. The fourth-order valence-corrected chi connectivity index (χ4v) is 2.47. The lowest BCUT2D eigenvalue weighted by atomic mass is 10.1. The summed E-state index contributed by atoms with van der Waals surface area (Å²) in [6.45, 7) is -0.496. The van der Waals surface area contributed by atoms with Gasteiger partial charge in [0.25, 0.3) is 0 Å². The zero-order chi connectivity index (χ0) is 18.9. The van der Waals surface area contributed by atoms with E-state index in [-0.39, 0.29) is 11.7 Å². The summed E-state index contributed by atoms with van der Waals surface area (Å²) in [6.07, 6.45) is 3.36. The SMILES string of the molecule is COc1ccc(C)cc1CCNC(=O)/C=C/c1ccccc1OC(F)F. The third-order valence-electron chi connectivity index (χ3n) is 3.68. The van der Waals surface area contributed by atoms with Crippen molar-refractivity contribution in [2.75, 3.05) is 13.7 Å². The summed E-state index contributed by atoms with van der Waals surface area (Å²) in [5.41, 5.74) is 2.53. The number of carbonyl (C=O) groups excluding carboxylic acids is 1. The van der Waals surface area contributed by atoms with Crippen molar-refractivity contribution >= 4 is 12.0 Å². The van der Waals surface area contributed by atoms with Crippen LogP contribution in [-0.4, -0.2) is 26.2 Å². The number of nitrogens with one attached hydrogen (secondary N) is 1. The Hall–Kier alpha value is -2.89. The van der Waals surface area contributed by atoms with Crippen LogP contribution in [0.1, 0.15) is 16.7 Å². The van der Waals surface area contributed by atoms with Crippen LogP contribution < -0.4 is 14.8 Å². The van der Waals surface area contributed by atoms with Crippen molar-refractivity contribution in [1.82, 2.24) is 5.32 Å². The number of alkyl halides is 2. The molecule has 1 amide bonds. The Morgan fingerprint density at radius 2 is 1.96 bits per heavy atom. The van der Waals surface area contributed by atoms with E-state index in [0.717, 1.165) is 16.9 Å². The molecule has 0 aliphatic carbocycles. The van der Waals surface area contributed by atoms with E-state index in [9.17, 15) is 13.6 Å². The van der Waals surface area contributed by atoms with Gasteiger partial charge in [-0.2, -0.15) is 8.78 Å². The minimum atomic E-state index is -2.91. The van der Waals surface area contributed by atoms with Crippen molar-refractivity contribution < 1.29 is 23.0 Å². The van der Waals surface area contributed by atoms with Crippen LogP contribution >= 0.6 is 0 Å². The molecular formula is C20H21F2NO3. The van der Waals surface area contributed by atoms with E-state index in [1.807, 2.05) is 25.1 Å². The highest BCUT2D eigenvalue weighted by atomic mass is 19.3. The Kier molecular flexibility index (Phi) is 7.14. The average Bonchev–Trinajstić information content (AvgIpc) is 2.61. The van der Waals surface area contributed by atoms with E-state index >= 15 is 0 Å². The molecule has 138 valence electrons. The molecule has 0 unspecified atom stereocenters. The van der Waals surface area contributed by atoms with E-state index < -0.39 is 6.61 Å². The number of benzene rings is 2. The molecular weight excluding hydrogens is 340 g/mol. The molecule has 0 saturated heterocycles. The van der Waals surface area contributed by atoms with Gasteiger partial charge in [-0.15, -0.1) is 0 Å². The zero-order valence-electron chi connectivity index (χ0n) is 14.7. The predicted molar refractivity (Wildman–Crippen MR) is 96.6 cm³/mol. The van der Waals surface area contributed by atoms with Crippen molar-refractivity contribution in [3.8, 4) is 11.5 Å². The maximum Gasteiger partial charge on any atom is 0.387 e. The highest BCUT2D eigenvalue weighted by Crippen LogP contribution is 2.22. The Bertz CT molecular complexity index is 775. The summed E-state index contributed by atoms with van der Waals surface area (Å²) in [5, 5.41) is 2.76.